The number of rotatable bonds is 7. The first-order valence-electron chi connectivity index (χ1n) is 8.44. The van der Waals surface area contributed by atoms with Crippen molar-refractivity contribution < 1.29 is 17.6 Å². The molecule has 0 heterocycles. The van der Waals surface area contributed by atoms with Crippen molar-refractivity contribution in [1.29, 1.82) is 0 Å². The monoisotopic (exact) mass is 378 g/mol. The molecule has 0 atom stereocenters. The lowest BCUT2D eigenvalue weighted by Gasteiger charge is -2.26. The molecule has 1 N–H and O–H groups in total. The van der Waals surface area contributed by atoms with Gasteiger partial charge in [-0.05, 0) is 43.2 Å². The Morgan fingerprint density at radius 1 is 1.12 bits per heavy atom. The largest absolute Gasteiger partial charge is 0.339 e. The normalized spacial score (nSPS) is 11.4. The van der Waals surface area contributed by atoms with E-state index in [1.165, 1.54) is 42.5 Å². The fourth-order valence-corrected chi connectivity index (χ4v) is 3.86. The maximum absolute atomic E-state index is 13.7. The maximum Gasteiger partial charge on any atom is 0.262 e. The topological polar surface area (TPSA) is 66.5 Å². The molecular formula is C19H23FN2O3S. The van der Waals surface area contributed by atoms with Crippen molar-refractivity contribution in [2.75, 3.05) is 11.8 Å². The molecule has 0 spiro atoms. The van der Waals surface area contributed by atoms with Gasteiger partial charge in [-0.25, -0.2) is 12.8 Å². The number of sulfonamides is 1. The minimum absolute atomic E-state index is 0.0827. The second-order valence-corrected chi connectivity index (χ2v) is 7.68. The predicted molar refractivity (Wildman–Crippen MR) is 100 cm³/mol. The second kappa shape index (κ2) is 8.31. The minimum Gasteiger partial charge on any atom is -0.339 e. The summed E-state index contributed by atoms with van der Waals surface area (Å²) in [6.07, 6.45) is 1.62. The van der Waals surface area contributed by atoms with Crippen LogP contribution in [0.1, 0.15) is 37.0 Å². The second-order valence-electron chi connectivity index (χ2n) is 6.00. The van der Waals surface area contributed by atoms with Gasteiger partial charge in [0.05, 0.1) is 10.6 Å². The predicted octanol–water partition coefficient (Wildman–Crippen LogP) is 3.89. The van der Waals surface area contributed by atoms with Gasteiger partial charge in [0.15, 0.2) is 0 Å². The quantitative estimate of drug-likeness (QED) is 0.795. The molecule has 140 valence electrons. The Hall–Kier alpha value is -2.41. The SMILES string of the molecule is CCC(CC)N(C)C(=O)c1cccc(S(=O)(=O)Nc2ccccc2F)c1. The number of nitrogens with zero attached hydrogens (tertiary/aromatic N) is 1. The van der Waals surface area contributed by atoms with Crippen molar-refractivity contribution in [1.82, 2.24) is 4.90 Å². The third-order valence-electron chi connectivity index (χ3n) is 4.32. The summed E-state index contributed by atoms with van der Waals surface area (Å²) in [6, 6.07) is 11.4. The number of carbonyl (C=O) groups excluding carboxylic acids is 1. The highest BCUT2D eigenvalue weighted by Crippen LogP contribution is 2.20. The van der Waals surface area contributed by atoms with Gasteiger partial charge >= 0.3 is 0 Å². The van der Waals surface area contributed by atoms with Crippen LogP contribution in [0.3, 0.4) is 0 Å². The number of nitrogens with one attached hydrogen (secondary N) is 1. The Morgan fingerprint density at radius 3 is 2.38 bits per heavy atom. The highest BCUT2D eigenvalue weighted by molar-refractivity contribution is 7.92. The van der Waals surface area contributed by atoms with E-state index in [4.69, 9.17) is 0 Å². The number of benzene rings is 2. The molecule has 5 nitrogen and oxygen atoms in total. The molecule has 0 saturated carbocycles. The molecule has 0 fully saturated rings. The van der Waals surface area contributed by atoms with Gasteiger partial charge in [-0.15, -0.1) is 0 Å². The molecule has 0 radical (unpaired) electrons. The smallest absolute Gasteiger partial charge is 0.262 e. The van der Waals surface area contributed by atoms with Crippen LogP contribution in [-0.2, 0) is 10.0 Å². The molecule has 2 aromatic carbocycles. The van der Waals surface area contributed by atoms with Crippen LogP contribution in [0.25, 0.3) is 0 Å². The van der Waals surface area contributed by atoms with E-state index in [0.29, 0.717) is 0 Å². The van der Waals surface area contributed by atoms with Crippen molar-refractivity contribution in [3.05, 3.63) is 59.9 Å². The fourth-order valence-electron chi connectivity index (χ4n) is 2.75. The fraction of sp³-hybridized carbons (Fsp3) is 0.316. The molecule has 0 unspecified atom stereocenters. The molecule has 0 aliphatic heterocycles. The Kier molecular flexibility index (Phi) is 6.37. The van der Waals surface area contributed by atoms with E-state index in [1.807, 2.05) is 13.8 Å². The third kappa shape index (κ3) is 4.40. The minimum atomic E-state index is -4.01. The Morgan fingerprint density at radius 2 is 1.77 bits per heavy atom. The zero-order valence-electron chi connectivity index (χ0n) is 15.1. The van der Waals surface area contributed by atoms with E-state index in [2.05, 4.69) is 4.72 Å². The lowest BCUT2D eigenvalue weighted by Crippen LogP contribution is -2.36. The van der Waals surface area contributed by atoms with Gasteiger partial charge < -0.3 is 4.90 Å². The summed E-state index contributed by atoms with van der Waals surface area (Å²) in [7, 11) is -2.30. The number of hydrogen-bond donors (Lipinski definition) is 1. The van der Waals surface area contributed by atoms with E-state index >= 15 is 0 Å². The molecule has 0 aliphatic rings. The van der Waals surface area contributed by atoms with E-state index in [9.17, 15) is 17.6 Å². The van der Waals surface area contributed by atoms with Crippen molar-refractivity contribution >= 4 is 21.6 Å². The van der Waals surface area contributed by atoms with Crippen LogP contribution in [-0.4, -0.2) is 32.3 Å². The Bertz CT molecular complexity index is 880. The lowest BCUT2D eigenvalue weighted by atomic mass is 10.1. The molecule has 1 amide bonds. The highest BCUT2D eigenvalue weighted by atomic mass is 32.2. The molecule has 26 heavy (non-hydrogen) atoms. The summed E-state index contributed by atoms with van der Waals surface area (Å²) >= 11 is 0. The number of carbonyl (C=O) groups is 1. The molecule has 0 saturated heterocycles. The number of anilines is 1. The zero-order chi connectivity index (χ0) is 19.3. The van der Waals surface area contributed by atoms with Crippen LogP contribution >= 0.6 is 0 Å². The van der Waals surface area contributed by atoms with E-state index in [-0.39, 0.29) is 28.1 Å². The summed E-state index contributed by atoms with van der Waals surface area (Å²) in [4.78, 5) is 14.2. The van der Waals surface area contributed by atoms with Crippen LogP contribution in [0.15, 0.2) is 53.4 Å². The molecule has 0 aliphatic carbocycles. The Labute approximate surface area is 153 Å². The first-order chi connectivity index (χ1) is 12.3. The summed E-state index contributed by atoms with van der Waals surface area (Å²) < 4.78 is 41.0. The zero-order valence-corrected chi connectivity index (χ0v) is 15.9. The van der Waals surface area contributed by atoms with E-state index in [1.54, 1.807) is 18.0 Å². The number of hydrogen-bond acceptors (Lipinski definition) is 3. The summed E-state index contributed by atoms with van der Waals surface area (Å²) in [5.41, 5.74) is 0.134. The van der Waals surface area contributed by atoms with Crippen LogP contribution in [0.4, 0.5) is 10.1 Å². The van der Waals surface area contributed by atoms with Gasteiger partial charge in [0.25, 0.3) is 15.9 Å². The molecule has 0 aromatic heterocycles. The standard InChI is InChI=1S/C19H23FN2O3S/c1-4-15(5-2)22(3)19(23)14-9-8-10-16(13-14)26(24,25)21-18-12-7-6-11-17(18)20/h6-13,15,21H,4-5H2,1-3H3. The number of halogens is 1. The Balaban J connectivity index is 2.30. The van der Waals surface area contributed by atoms with E-state index < -0.39 is 15.8 Å². The first-order valence-corrected chi connectivity index (χ1v) is 9.93. The molecule has 0 bridgehead atoms. The van der Waals surface area contributed by atoms with Gasteiger partial charge in [-0.3, -0.25) is 9.52 Å². The van der Waals surface area contributed by atoms with Crippen molar-refractivity contribution in [3.63, 3.8) is 0 Å². The van der Waals surface area contributed by atoms with Gasteiger partial charge in [-0.1, -0.05) is 32.0 Å². The molecule has 2 rings (SSSR count). The van der Waals surface area contributed by atoms with Crippen LogP contribution < -0.4 is 4.72 Å². The van der Waals surface area contributed by atoms with E-state index in [0.717, 1.165) is 12.8 Å². The van der Waals surface area contributed by atoms with Crippen molar-refractivity contribution in [2.24, 2.45) is 0 Å². The summed E-state index contributed by atoms with van der Waals surface area (Å²) in [5, 5.41) is 0. The maximum atomic E-state index is 13.7. The third-order valence-corrected chi connectivity index (χ3v) is 5.68. The highest BCUT2D eigenvalue weighted by Gasteiger charge is 2.21. The van der Waals surface area contributed by atoms with Crippen molar-refractivity contribution in [2.45, 2.75) is 37.6 Å². The molecule has 2 aromatic rings. The summed E-state index contributed by atoms with van der Waals surface area (Å²) in [5.74, 6) is -0.918. The summed E-state index contributed by atoms with van der Waals surface area (Å²) in [6.45, 7) is 3.99. The van der Waals surface area contributed by atoms with Crippen LogP contribution in [0.2, 0.25) is 0 Å². The number of para-hydroxylation sites is 1. The molecular weight excluding hydrogens is 355 g/mol. The average molecular weight is 378 g/mol. The number of amides is 1. The van der Waals surface area contributed by atoms with Crippen LogP contribution in [0, 0.1) is 5.82 Å². The first kappa shape index (κ1) is 19.9. The van der Waals surface area contributed by atoms with Gasteiger partial charge in [-0.2, -0.15) is 0 Å². The van der Waals surface area contributed by atoms with Gasteiger partial charge in [0.1, 0.15) is 5.82 Å². The van der Waals surface area contributed by atoms with Crippen LogP contribution in [0.5, 0.6) is 0 Å². The van der Waals surface area contributed by atoms with Gasteiger partial charge in [0, 0.05) is 18.7 Å². The lowest BCUT2D eigenvalue weighted by molar-refractivity contribution is 0.0723. The van der Waals surface area contributed by atoms with Gasteiger partial charge in [0.2, 0.25) is 0 Å². The van der Waals surface area contributed by atoms with Crippen molar-refractivity contribution in [3.8, 4) is 0 Å². The average Bonchev–Trinajstić information content (AvgIpc) is 2.64. The molecule has 7 heteroatoms.